The number of ether oxygens (including phenoxy) is 3. The number of ketones is 1. The number of likely N-dealkylation sites (tertiary alicyclic amines) is 1. The first-order valence-electron chi connectivity index (χ1n) is 11.3. The summed E-state index contributed by atoms with van der Waals surface area (Å²) in [7, 11) is 4.34. The lowest BCUT2D eigenvalue weighted by atomic mass is 9.94. The molecule has 1 saturated heterocycles. The highest BCUT2D eigenvalue weighted by Crippen LogP contribution is 2.44. The minimum absolute atomic E-state index is 0.00775. The molecule has 37 heavy (non-hydrogen) atoms. The molecule has 1 amide bonds. The van der Waals surface area contributed by atoms with Gasteiger partial charge in [-0.3, -0.25) is 9.59 Å². The Morgan fingerprint density at radius 3 is 2.05 bits per heavy atom. The van der Waals surface area contributed by atoms with Crippen LogP contribution in [0.25, 0.3) is 5.76 Å². The van der Waals surface area contributed by atoms with E-state index in [0.29, 0.717) is 16.9 Å². The summed E-state index contributed by atoms with van der Waals surface area (Å²) in [6.07, 6.45) is 0. The third-order valence-electron chi connectivity index (χ3n) is 6.17. The standard InChI is InChI=1S/C28H25NO8/c1-35-19-7-4-6-18(14-19)24-23(25(30)22-20(36-2)8-5-9-21(22)37-3)26(31)27(32)29(24)15-16-10-12-17(13-11-16)28(33)34/h4-14,24,30H,15H2,1-3H3,(H,33,34)/b25-23+. The van der Waals surface area contributed by atoms with Crippen molar-refractivity contribution in [2.75, 3.05) is 21.3 Å². The molecule has 4 rings (SSSR count). The van der Waals surface area contributed by atoms with Crippen molar-refractivity contribution >= 4 is 23.4 Å². The number of hydrogen-bond donors (Lipinski definition) is 2. The first kappa shape index (κ1) is 25.3. The summed E-state index contributed by atoms with van der Waals surface area (Å²) < 4.78 is 16.2. The quantitative estimate of drug-likeness (QED) is 0.268. The second-order valence-corrected chi connectivity index (χ2v) is 8.24. The van der Waals surface area contributed by atoms with Gasteiger partial charge in [0.05, 0.1) is 38.5 Å². The molecule has 1 heterocycles. The lowest BCUT2D eigenvalue weighted by molar-refractivity contribution is -0.140. The van der Waals surface area contributed by atoms with Crippen molar-refractivity contribution in [3.63, 3.8) is 0 Å². The second kappa shape index (κ2) is 10.4. The molecule has 3 aromatic rings. The maximum absolute atomic E-state index is 13.4. The van der Waals surface area contributed by atoms with Gasteiger partial charge in [0.25, 0.3) is 11.7 Å². The maximum Gasteiger partial charge on any atom is 0.335 e. The van der Waals surface area contributed by atoms with Crippen LogP contribution in [0.3, 0.4) is 0 Å². The van der Waals surface area contributed by atoms with Crippen LogP contribution in [0.15, 0.2) is 72.3 Å². The van der Waals surface area contributed by atoms with Crippen LogP contribution in [-0.2, 0) is 16.1 Å². The topological polar surface area (TPSA) is 123 Å². The van der Waals surface area contributed by atoms with Crippen LogP contribution < -0.4 is 14.2 Å². The lowest BCUT2D eigenvalue weighted by Crippen LogP contribution is -2.29. The number of carboxylic acid groups (broad SMARTS) is 1. The second-order valence-electron chi connectivity index (χ2n) is 8.24. The Hall–Kier alpha value is -4.79. The number of amides is 1. The number of nitrogens with zero attached hydrogens (tertiary/aromatic N) is 1. The van der Waals surface area contributed by atoms with Gasteiger partial charge in [0.15, 0.2) is 0 Å². The molecule has 1 atom stereocenters. The number of aliphatic hydroxyl groups excluding tert-OH is 1. The highest BCUT2D eigenvalue weighted by molar-refractivity contribution is 6.46. The van der Waals surface area contributed by atoms with E-state index >= 15 is 0 Å². The van der Waals surface area contributed by atoms with Crippen molar-refractivity contribution in [3.05, 3.63) is 94.6 Å². The highest BCUT2D eigenvalue weighted by Gasteiger charge is 2.46. The summed E-state index contributed by atoms with van der Waals surface area (Å²) in [5, 5.41) is 20.7. The van der Waals surface area contributed by atoms with E-state index in [-0.39, 0.29) is 34.7 Å². The van der Waals surface area contributed by atoms with Crippen LogP contribution in [0.5, 0.6) is 17.2 Å². The molecule has 0 bridgehead atoms. The van der Waals surface area contributed by atoms with Crippen LogP contribution in [-0.4, -0.2) is 54.1 Å². The van der Waals surface area contributed by atoms with Gasteiger partial charge in [0.1, 0.15) is 28.6 Å². The Bertz CT molecular complexity index is 1370. The third-order valence-corrected chi connectivity index (χ3v) is 6.17. The van der Waals surface area contributed by atoms with Crippen molar-refractivity contribution in [1.29, 1.82) is 0 Å². The molecule has 9 heteroatoms. The van der Waals surface area contributed by atoms with Crippen LogP contribution in [0.4, 0.5) is 0 Å². The SMILES string of the molecule is COc1cccc(C2/C(=C(\O)c3c(OC)cccc3OC)C(=O)C(=O)N2Cc2ccc(C(=O)O)cc2)c1. The van der Waals surface area contributed by atoms with E-state index in [0.717, 1.165) is 0 Å². The molecular formula is C28H25NO8. The molecule has 9 nitrogen and oxygen atoms in total. The number of rotatable bonds is 8. The molecule has 0 aliphatic carbocycles. The van der Waals surface area contributed by atoms with Crippen LogP contribution >= 0.6 is 0 Å². The molecule has 1 aliphatic rings. The number of aromatic carboxylic acids is 1. The van der Waals surface area contributed by atoms with E-state index in [1.807, 2.05) is 0 Å². The zero-order valence-corrected chi connectivity index (χ0v) is 20.4. The molecular weight excluding hydrogens is 478 g/mol. The Morgan fingerprint density at radius 2 is 1.49 bits per heavy atom. The molecule has 0 aromatic heterocycles. The number of carbonyl (C=O) groups excluding carboxylic acids is 2. The largest absolute Gasteiger partial charge is 0.506 e. The van der Waals surface area contributed by atoms with Gasteiger partial charge in [-0.25, -0.2) is 4.79 Å². The average molecular weight is 504 g/mol. The van der Waals surface area contributed by atoms with Gasteiger partial charge >= 0.3 is 5.97 Å². The maximum atomic E-state index is 13.4. The fourth-order valence-electron chi connectivity index (χ4n) is 4.37. The normalized spacial score (nSPS) is 16.5. The van der Waals surface area contributed by atoms with Crippen molar-refractivity contribution in [1.82, 2.24) is 4.90 Å². The molecule has 3 aromatic carbocycles. The van der Waals surface area contributed by atoms with Crippen molar-refractivity contribution in [3.8, 4) is 17.2 Å². The first-order valence-corrected chi connectivity index (χ1v) is 11.3. The van der Waals surface area contributed by atoms with Crippen LogP contribution in [0, 0.1) is 0 Å². The predicted octanol–water partition coefficient (Wildman–Crippen LogP) is 4.03. The molecule has 1 aliphatic heterocycles. The van der Waals surface area contributed by atoms with Gasteiger partial charge in [0.2, 0.25) is 0 Å². The summed E-state index contributed by atoms with van der Waals surface area (Å²) in [5.74, 6) is -2.18. The van der Waals surface area contributed by atoms with Gasteiger partial charge in [-0.1, -0.05) is 30.3 Å². The minimum Gasteiger partial charge on any atom is -0.506 e. The Kier molecular flexibility index (Phi) is 7.15. The zero-order valence-electron chi connectivity index (χ0n) is 20.4. The van der Waals surface area contributed by atoms with E-state index < -0.39 is 29.5 Å². The molecule has 0 saturated carbocycles. The number of benzene rings is 3. The van der Waals surface area contributed by atoms with Crippen molar-refractivity contribution in [2.24, 2.45) is 0 Å². The monoisotopic (exact) mass is 503 g/mol. The van der Waals surface area contributed by atoms with E-state index in [9.17, 15) is 24.6 Å². The van der Waals surface area contributed by atoms with Gasteiger partial charge < -0.3 is 29.3 Å². The number of carbonyl (C=O) groups is 3. The molecule has 0 spiro atoms. The Morgan fingerprint density at radius 1 is 0.865 bits per heavy atom. The van der Waals surface area contributed by atoms with Crippen molar-refractivity contribution < 1.29 is 38.8 Å². The van der Waals surface area contributed by atoms with E-state index in [1.54, 1.807) is 54.6 Å². The Labute approximate surface area is 213 Å². The van der Waals surface area contributed by atoms with E-state index in [2.05, 4.69) is 0 Å². The predicted molar refractivity (Wildman–Crippen MR) is 134 cm³/mol. The summed E-state index contributed by atoms with van der Waals surface area (Å²) in [6, 6.07) is 16.8. The van der Waals surface area contributed by atoms with Gasteiger partial charge in [-0.2, -0.15) is 0 Å². The summed E-state index contributed by atoms with van der Waals surface area (Å²) in [4.78, 5) is 39.3. The first-order chi connectivity index (χ1) is 17.8. The smallest absolute Gasteiger partial charge is 0.335 e. The van der Waals surface area contributed by atoms with Crippen molar-refractivity contribution in [2.45, 2.75) is 12.6 Å². The van der Waals surface area contributed by atoms with Crippen LogP contribution in [0.1, 0.15) is 33.1 Å². The zero-order chi connectivity index (χ0) is 26.7. The van der Waals surface area contributed by atoms with Gasteiger partial charge in [-0.15, -0.1) is 0 Å². The minimum atomic E-state index is -1.07. The lowest BCUT2D eigenvalue weighted by Gasteiger charge is -2.26. The highest BCUT2D eigenvalue weighted by atomic mass is 16.5. The van der Waals surface area contributed by atoms with Gasteiger partial charge in [-0.05, 0) is 47.5 Å². The Balaban J connectivity index is 1.91. The number of carboxylic acids is 1. The van der Waals surface area contributed by atoms with E-state index in [4.69, 9.17) is 14.2 Å². The van der Waals surface area contributed by atoms with Gasteiger partial charge in [0, 0.05) is 6.54 Å². The fraction of sp³-hybridized carbons (Fsp3) is 0.179. The van der Waals surface area contributed by atoms with E-state index in [1.165, 1.54) is 38.4 Å². The number of aliphatic hydroxyl groups is 1. The number of hydrogen-bond acceptors (Lipinski definition) is 7. The number of methoxy groups -OCH3 is 3. The molecule has 2 N–H and O–H groups in total. The summed E-state index contributed by atoms with van der Waals surface area (Å²) in [6.45, 7) is -0.00775. The third kappa shape index (κ3) is 4.71. The molecule has 0 radical (unpaired) electrons. The summed E-state index contributed by atoms with van der Waals surface area (Å²) in [5.41, 5.74) is 1.25. The fourth-order valence-corrected chi connectivity index (χ4v) is 4.37. The van der Waals surface area contributed by atoms with Crippen LogP contribution in [0.2, 0.25) is 0 Å². The summed E-state index contributed by atoms with van der Waals surface area (Å²) >= 11 is 0. The molecule has 190 valence electrons. The average Bonchev–Trinajstić information content (AvgIpc) is 3.17. The molecule has 1 unspecified atom stereocenters. The number of Topliss-reactive ketones (excluding diaryl/α,β-unsaturated/α-hetero) is 1. The molecule has 1 fully saturated rings.